The Morgan fingerprint density at radius 3 is 2.73 bits per heavy atom. The molecule has 2 rings (SSSR count). The van der Waals surface area contributed by atoms with Gasteiger partial charge in [0.05, 0.1) is 11.8 Å². The van der Waals surface area contributed by atoms with E-state index in [9.17, 15) is 0 Å². The van der Waals surface area contributed by atoms with Crippen LogP contribution in [0.25, 0.3) is 11.4 Å². The summed E-state index contributed by atoms with van der Waals surface area (Å²) in [5.74, 6) is 0.524. The van der Waals surface area contributed by atoms with Gasteiger partial charge in [0.1, 0.15) is 6.26 Å². The second-order valence-corrected chi connectivity index (χ2v) is 4.31. The van der Waals surface area contributed by atoms with Gasteiger partial charge in [-0.05, 0) is 26.8 Å². The minimum Gasteiger partial charge on any atom is -0.472 e. The molecular weight excluding hydrogens is 194 g/mol. The van der Waals surface area contributed by atoms with Crippen molar-refractivity contribution < 1.29 is 8.94 Å². The normalized spacial score (nSPS) is 11.7. The van der Waals surface area contributed by atoms with E-state index < -0.39 is 0 Å². The Morgan fingerprint density at radius 2 is 2.13 bits per heavy atom. The van der Waals surface area contributed by atoms with Crippen molar-refractivity contribution in [2.75, 3.05) is 5.32 Å². The molecule has 0 saturated carbocycles. The first kappa shape index (κ1) is 9.76. The Bertz CT molecular complexity index is 426. The fourth-order valence-corrected chi connectivity index (χ4v) is 1.10. The Balaban J connectivity index is 2.18. The van der Waals surface area contributed by atoms with Crippen LogP contribution in [0.2, 0.25) is 0 Å². The Morgan fingerprint density at radius 1 is 1.33 bits per heavy atom. The number of hydrogen-bond donors (Lipinski definition) is 1. The van der Waals surface area contributed by atoms with Crippen molar-refractivity contribution in [1.82, 2.24) is 10.1 Å². The summed E-state index contributed by atoms with van der Waals surface area (Å²) in [6, 6.07) is 2.20. The minimum absolute atomic E-state index is 0.0970. The molecule has 0 aliphatic heterocycles. The lowest BCUT2D eigenvalue weighted by molar-refractivity contribution is 0.420. The Hall–Kier alpha value is -1.78. The summed E-state index contributed by atoms with van der Waals surface area (Å²) in [7, 11) is 0. The number of furan rings is 1. The van der Waals surface area contributed by atoms with E-state index in [1.165, 1.54) is 0 Å². The van der Waals surface area contributed by atoms with Crippen LogP contribution in [-0.4, -0.2) is 15.7 Å². The molecule has 2 aromatic rings. The van der Waals surface area contributed by atoms with Crippen LogP contribution in [0.15, 0.2) is 27.5 Å². The van der Waals surface area contributed by atoms with Gasteiger partial charge in [-0.1, -0.05) is 5.16 Å². The number of hydrogen-bond acceptors (Lipinski definition) is 5. The third kappa shape index (κ3) is 2.37. The van der Waals surface area contributed by atoms with Gasteiger partial charge >= 0.3 is 6.01 Å². The average molecular weight is 207 g/mol. The van der Waals surface area contributed by atoms with Crippen molar-refractivity contribution in [3.63, 3.8) is 0 Å². The lowest BCUT2D eigenvalue weighted by Gasteiger charge is -2.17. The summed E-state index contributed by atoms with van der Waals surface area (Å²) in [4.78, 5) is 4.19. The van der Waals surface area contributed by atoms with Crippen LogP contribution >= 0.6 is 0 Å². The molecule has 0 aliphatic carbocycles. The molecule has 0 bridgehead atoms. The molecule has 0 fully saturated rings. The van der Waals surface area contributed by atoms with E-state index in [2.05, 4.69) is 15.5 Å². The number of aromatic nitrogens is 2. The molecule has 5 nitrogen and oxygen atoms in total. The quantitative estimate of drug-likeness (QED) is 0.819. The van der Waals surface area contributed by atoms with Crippen LogP contribution < -0.4 is 5.32 Å². The second kappa shape index (κ2) is 3.42. The molecule has 0 amide bonds. The SMILES string of the molecule is CC(C)(C)Nc1nc(-c2ccoc2)no1. The minimum atomic E-state index is -0.0970. The second-order valence-electron chi connectivity index (χ2n) is 4.31. The molecule has 0 unspecified atom stereocenters. The largest absolute Gasteiger partial charge is 0.472 e. The van der Waals surface area contributed by atoms with Gasteiger partial charge in [-0.25, -0.2) is 0 Å². The monoisotopic (exact) mass is 207 g/mol. The van der Waals surface area contributed by atoms with Gasteiger partial charge in [-0.15, -0.1) is 0 Å². The summed E-state index contributed by atoms with van der Waals surface area (Å²) in [5.41, 5.74) is 0.709. The molecular formula is C10H13N3O2. The van der Waals surface area contributed by atoms with Crippen LogP contribution in [0.1, 0.15) is 20.8 Å². The first-order valence-corrected chi connectivity index (χ1v) is 4.69. The maximum absolute atomic E-state index is 5.05. The third-order valence-corrected chi connectivity index (χ3v) is 1.69. The van der Waals surface area contributed by atoms with Crippen molar-refractivity contribution in [1.29, 1.82) is 0 Å². The number of rotatable bonds is 2. The predicted molar refractivity (Wildman–Crippen MR) is 55.4 cm³/mol. The van der Waals surface area contributed by atoms with E-state index in [0.29, 0.717) is 11.8 Å². The van der Waals surface area contributed by atoms with Gasteiger partial charge in [0.25, 0.3) is 0 Å². The molecule has 5 heteroatoms. The first-order valence-electron chi connectivity index (χ1n) is 4.69. The van der Waals surface area contributed by atoms with E-state index in [-0.39, 0.29) is 5.54 Å². The zero-order valence-corrected chi connectivity index (χ0v) is 8.94. The fourth-order valence-electron chi connectivity index (χ4n) is 1.10. The molecule has 15 heavy (non-hydrogen) atoms. The highest BCUT2D eigenvalue weighted by molar-refractivity contribution is 5.53. The number of anilines is 1. The molecule has 0 aromatic carbocycles. The lowest BCUT2D eigenvalue weighted by Crippen LogP contribution is -2.26. The first-order chi connectivity index (χ1) is 7.04. The van der Waals surface area contributed by atoms with Crippen molar-refractivity contribution in [3.8, 4) is 11.4 Å². The molecule has 1 N–H and O–H groups in total. The Kier molecular flexibility index (Phi) is 2.22. The summed E-state index contributed by atoms with van der Waals surface area (Å²) < 4.78 is 9.99. The number of nitrogens with one attached hydrogen (secondary N) is 1. The fraction of sp³-hybridized carbons (Fsp3) is 0.400. The standard InChI is InChI=1S/C10H13N3O2/c1-10(2,3)12-9-11-8(13-15-9)7-4-5-14-6-7/h4-6H,1-3H3,(H,11,12,13). The van der Waals surface area contributed by atoms with Crippen molar-refractivity contribution in [2.24, 2.45) is 0 Å². The molecule has 0 spiro atoms. The zero-order chi connectivity index (χ0) is 10.9. The Labute approximate surface area is 87.5 Å². The van der Waals surface area contributed by atoms with E-state index in [4.69, 9.17) is 8.94 Å². The van der Waals surface area contributed by atoms with Crippen molar-refractivity contribution >= 4 is 6.01 Å². The van der Waals surface area contributed by atoms with E-state index in [0.717, 1.165) is 5.56 Å². The maximum Gasteiger partial charge on any atom is 0.322 e. The molecule has 0 saturated heterocycles. The number of nitrogens with zero attached hydrogens (tertiary/aromatic N) is 2. The van der Waals surface area contributed by atoms with Gasteiger partial charge in [0, 0.05) is 5.54 Å². The van der Waals surface area contributed by atoms with Crippen LogP contribution in [0.4, 0.5) is 6.01 Å². The zero-order valence-electron chi connectivity index (χ0n) is 8.94. The smallest absolute Gasteiger partial charge is 0.322 e. The van der Waals surface area contributed by atoms with Gasteiger partial charge in [0.2, 0.25) is 5.82 Å². The summed E-state index contributed by atoms with van der Waals surface area (Å²) in [5, 5.41) is 6.93. The van der Waals surface area contributed by atoms with Crippen LogP contribution in [-0.2, 0) is 0 Å². The van der Waals surface area contributed by atoms with E-state index >= 15 is 0 Å². The lowest BCUT2D eigenvalue weighted by atomic mass is 10.1. The van der Waals surface area contributed by atoms with Crippen LogP contribution in [0.3, 0.4) is 0 Å². The highest BCUT2D eigenvalue weighted by atomic mass is 16.5. The van der Waals surface area contributed by atoms with E-state index in [1.807, 2.05) is 20.8 Å². The van der Waals surface area contributed by atoms with Crippen molar-refractivity contribution in [3.05, 3.63) is 18.6 Å². The topological polar surface area (TPSA) is 64.1 Å². The molecule has 0 radical (unpaired) electrons. The highest BCUT2D eigenvalue weighted by Gasteiger charge is 2.15. The van der Waals surface area contributed by atoms with Gasteiger partial charge < -0.3 is 14.3 Å². The molecule has 0 aliphatic rings. The summed E-state index contributed by atoms with van der Waals surface area (Å²) >= 11 is 0. The van der Waals surface area contributed by atoms with Gasteiger partial charge in [-0.3, -0.25) is 0 Å². The van der Waals surface area contributed by atoms with Crippen LogP contribution in [0.5, 0.6) is 0 Å². The van der Waals surface area contributed by atoms with Gasteiger partial charge in [0.15, 0.2) is 0 Å². The molecule has 2 heterocycles. The molecule has 0 atom stereocenters. The summed E-state index contributed by atoms with van der Waals surface area (Å²) in [6.45, 7) is 6.07. The highest BCUT2D eigenvalue weighted by Crippen LogP contribution is 2.19. The predicted octanol–water partition coefficient (Wildman–Crippen LogP) is 2.54. The third-order valence-electron chi connectivity index (χ3n) is 1.69. The summed E-state index contributed by atoms with van der Waals surface area (Å²) in [6.07, 6.45) is 3.15. The maximum atomic E-state index is 5.05. The van der Waals surface area contributed by atoms with Gasteiger partial charge in [-0.2, -0.15) is 4.98 Å². The average Bonchev–Trinajstić information content (AvgIpc) is 2.68. The molecule has 80 valence electrons. The molecule has 2 aromatic heterocycles. The van der Waals surface area contributed by atoms with E-state index in [1.54, 1.807) is 18.6 Å². The van der Waals surface area contributed by atoms with Crippen LogP contribution in [0, 0.1) is 0 Å². The van der Waals surface area contributed by atoms with Crippen molar-refractivity contribution in [2.45, 2.75) is 26.3 Å².